The zero-order valence-corrected chi connectivity index (χ0v) is 14.5. The van der Waals surface area contributed by atoms with E-state index in [-0.39, 0.29) is 25.4 Å². The lowest BCUT2D eigenvalue weighted by atomic mass is 9.73. The molecule has 1 N–H and O–H groups in total. The number of carbonyl (C=O) groups excluding carboxylic acids is 1. The third-order valence-corrected chi connectivity index (χ3v) is 5.33. The van der Waals surface area contributed by atoms with Gasteiger partial charge in [-0.2, -0.15) is 13.2 Å². The summed E-state index contributed by atoms with van der Waals surface area (Å²) in [7, 11) is 0. The van der Waals surface area contributed by atoms with Crippen LogP contribution in [0.25, 0.3) is 11.1 Å². The van der Waals surface area contributed by atoms with E-state index >= 15 is 0 Å². The number of alkyl halides is 3. The SMILES string of the molecule is C=C1CC(NC(=O)OCC2c3ccccc3-c3ccccc32)(C(F)(F)F)C1. The first-order valence-electron chi connectivity index (χ1n) is 8.67. The number of halogens is 3. The molecule has 1 fully saturated rings. The minimum atomic E-state index is -4.54. The molecular formula is C21H18F3NO2. The number of nitrogens with one attached hydrogen (secondary N) is 1. The lowest BCUT2D eigenvalue weighted by molar-refractivity contribution is -0.205. The Hall–Kier alpha value is -2.76. The molecule has 2 aliphatic carbocycles. The Morgan fingerprint density at radius 2 is 1.59 bits per heavy atom. The highest BCUT2D eigenvalue weighted by atomic mass is 19.4. The molecule has 0 aliphatic heterocycles. The van der Waals surface area contributed by atoms with E-state index in [2.05, 4.69) is 6.58 Å². The van der Waals surface area contributed by atoms with Gasteiger partial charge in [0.15, 0.2) is 0 Å². The van der Waals surface area contributed by atoms with E-state index in [0.717, 1.165) is 22.3 Å². The molecule has 2 aromatic rings. The molecule has 0 heterocycles. The van der Waals surface area contributed by atoms with Crippen LogP contribution < -0.4 is 5.32 Å². The van der Waals surface area contributed by atoms with Crippen LogP contribution in [0.2, 0.25) is 0 Å². The van der Waals surface area contributed by atoms with Crippen LogP contribution >= 0.6 is 0 Å². The van der Waals surface area contributed by atoms with Gasteiger partial charge in [-0.1, -0.05) is 60.7 Å². The van der Waals surface area contributed by atoms with Crippen molar-refractivity contribution in [2.75, 3.05) is 6.61 Å². The maximum absolute atomic E-state index is 13.3. The molecule has 1 amide bonds. The molecule has 140 valence electrons. The Labute approximate surface area is 154 Å². The maximum atomic E-state index is 13.3. The van der Waals surface area contributed by atoms with Crippen molar-refractivity contribution in [1.82, 2.24) is 5.32 Å². The van der Waals surface area contributed by atoms with Gasteiger partial charge in [0.2, 0.25) is 0 Å². The van der Waals surface area contributed by atoms with Crippen LogP contribution in [0.1, 0.15) is 29.9 Å². The molecule has 3 nitrogen and oxygen atoms in total. The normalized spacial score (nSPS) is 17.7. The standard InChI is InChI=1S/C21H18F3NO2/c1-13-10-20(11-13,21(22,23)24)25-19(26)27-12-18-16-8-4-2-6-14(16)15-7-3-5-9-17(15)18/h2-9,18H,1,10-12H2,(H,25,26). The third-order valence-electron chi connectivity index (χ3n) is 5.33. The first-order valence-corrected chi connectivity index (χ1v) is 8.67. The Balaban J connectivity index is 1.49. The number of rotatable bonds is 3. The van der Waals surface area contributed by atoms with E-state index in [9.17, 15) is 18.0 Å². The molecule has 0 aromatic heterocycles. The summed E-state index contributed by atoms with van der Waals surface area (Å²) in [5.41, 5.74) is 2.34. The van der Waals surface area contributed by atoms with Crippen molar-refractivity contribution in [3.05, 3.63) is 71.8 Å². The molecule has 6 heteroatoms. The number of benzene rings is 2. The molecule has 2 aromatic carbocycles. The summed E-state index contributed by atoms with van der Waals surface area (Å²) < 4.78 is 45.2. The Kier molecular flexibility index (Phi) is 4.02. The van der Waals surface area contributed by atoms with Crippen molar-refractivity contribution >= 4 is 6.09 Å². The van der Waals surface area contributed by atoms with Gasteiger partial charge in [-0.15, -0.1) is 0 Å². The molecule has 2 aliphatic rings. The highest BCUT2D eigenvalue weighted by Gasteiger charge is 2.61. The van der Waals surface area contributed by atoms with Crippen molar-refractivity contribution in [3.63, 3.8) is 0 Å². The summed E-state index contributed by atoms with van der Waals surface area (Å²) in [5, 5.41) is 2.03. The summed E-state index contributed by atoms with van der Waals surface area (Å²) >= 11 is 0. The van der Waals surface area contributed by atoms with E-state index in [1.807, 2.05) is 53.8 Å². The van der Waals surface area contributed by atoms with Gasteiger partial charge in [-0.25, -0.2) is 4.79 Å². The second-order valence-corrected chi connectivity index (χ2v) is 7.13. The van der Waals surface area contributed by atoms with Crippen LogP contribution in [0.3, 0.4) is 0 Å². The fraction of sp³-hybridized carbons (Fsp3) is 0.286. The topological polar surface area (TPSA) is 38.3 Å². The molecular weight excluding hydrogens is 355 g/mol. The van der Waals surface area contributed by atoms with E-state index in [1.165, 1.54) is 0 Å². The van der Waals surface area contributed by atoms with Crippen molar-refractivity contribution in [1.29, 1.82) is 0 Å². The average Bonchev–Trinajstić information content (AvgIpc) is 2.91. The molecule has 0 bridgehead atoms. The predicted molar refractivity (Wildman–Crippen MR) is 95.4 cm³/mol. The largest absolute Gasteiger partial charge is 0.449 e. The number of carbonyl (C=O) groups is 1. The van der Waals surface area contributed by atoms with Crippen LogP contribution in [0, 0.1) is 0 Å². The van der Waals surface area contributed by atoms with Gasteiger partial charge in [0.05, 0.1) is 0 Å². The third kappa shape index (κ3) is 2.89. The van der Waals surface area contributed by atoms with Crippen molar-refractivity contribution in [3.8, 4) is 11.1 Å². The summed E-state index contributed by atoms with van der Waals surface area (Å²) in [6.45, 7) is 3.52. The average molecular weight is 373 g/mol. The lowest BCUT2D eigenvalue weighted by Crippen LogP contribution is -2.63. The summed E-state index contributed by atoms with van der Waals surface area (Å²) in [6.07, 6.45) is -6.21. The molecule has 1 saturated carbocycles. The van der Waals surface area contributed by atoms with Crippen LogP contribution in [0.15, 0.2) is 60.7 Å². The quantitative estimate of drug-likeness (QED) is 0.753. The highest BCUT2D eigenvalue weighted by Crippen LogP contribution is 2.48. The molecule has 0 unspecified atom stereocenters. The van der Waals surface area contributed by atoms with Crippen LogP contribution in [-0.2, 0) is 4.74 Å². The van der Waals surface area contributed by atoms with Gasteiger partial charge in [0.1, 0.15) is 12.1 Å². The minimum Gasteiger partial charge on any atom is -0.449 e. The molecule has 0 atom stereocenters. The van der Waals surface area contributed by atoms with Crippen LogP contribution in [-0.4, -0.2) is 24.4 Å². The summed E-state index contributed by atoms with van der Waals surface area (Å²) in [5.74, 6) is -0.193. The van der Waals surface area contributed by atoms with Crippen LogP contribution in [0.4, 0.5) is 18.0 Å². The summed E-state index contributed by atoms with van der Waals surface area (Å²) in [6, 6.07) is 15.6. The second kappa shape index (κ2) is 6.15. The fourth-order valence-corrected chi connectivity index (χ4v) is 3.99. The number of hydrogen-bond acceptors (Lipinski definition) is 2. The zero-order valence-electron chi connectivity index (χ0n) is 14.5. The monoisotopic (exact) mass is 373 g/mol. The Morgan fingerprint density at radius 3 is 2.07 bits per heavy atom. The molecule has 0 spiro atoms. The Bertz CT molecular complexity index is 866. The van der Waals surface area contributed by atoms with Crippen molar-refractivity contribution in [2.24, 2.45) is 0 Å². The lowest BCUT2D eigenvalue weighted by Gasteiger charge is -2.44. The Morgan fingerprint density at radius 1 is 1.07 bits per heavy atom. The molecule has 0 radical (unpaired) electrons. The fourth-order valence-electron chi connectivity index (χ4n) is 3.99. The van der Waals surface area contributed by atoms with Crippen molar-refractivity contribution in [2.45, 2.75) is 30.5 Å². The molecule has 4 rings (SSSR count). The van der Waals surface area contributed by atoms with Gasteiger partial charge in [-0.05, 0) is 22.3 Å². The highest BCUT2D eigenvalue weighted by molar-refractivity contribution is 5.79. The number of ether oxygens (including phenoxy) is 1. The van der Waals surface area contributed by atoms with Gasteiger partial charge in [0.25, 0.3) is 0 Å². The predicted octanol–water partition coefficient (Wildman–Crippen LogP) is 5.18. The van der Waals surface area contributed by atoms with Crippen molar-refractivity contribution < 1.29 is 22.7 Å². The maximum Gasteiger partial charge on any atom is 0.412 e. The van der Waals surface area contributed by atoms with E-state index < -0.39 is 17.8 Å². The first-order chi connectivity index (χ1) is 12.8. The number of amides is 1. The molecule has 27 heavy (non-hydrogen) atoms. The van der Waals surface area contributed by atoms with E-state index in [0.29, 0.717) is 5.57 Å². The van der Waals surface area contributed by atoms with Gasteiger partial charge >= 0.3 is 12.3 Å². The second-order valence-electron chi connectivity index (χ2n) is 7.13. The van der Waals surface area contributed by atoms with E-state index in [1.54, 1.807) is 0 Å². The zero-order chi connectivity index (χ0) is 19.2. The minimum absolute atomic E-state index is 0.0191. The summed E-state index contributed by atoms with van der Waals surface area (Å²) in [4.78, 5) is 12.1. The smallest absolute Gasteiger partial charge is 0.412 e. The van der Waals surface area contributed by atoms with Crippen LogP contribution in [0.5, 0.6) is 0 Å². The number of fused-ring (bicyclic) bond motifs is 3. The van der Waals surface area contributed by atoms with Gasteiger partial charge in [-0.3, -0.25) is 0 Å². The van der Waals surface area contributed by atoms with E-state index in [4.69, 9.17) is 4.74 Å². The van der Waals surface area contributed by atoms with Gasteiger partial charge < -0.3 is 10.1 Å². The number of alkyl carbamates (subject to hydrolysis) is 1. The first kappa shape index (κ1) is 17.6. The molecule has 0 saturated heterocycles. The number of hydrogen-bond donors (Lipinski definition) is 1. The van der Waals surface area contributed by atoms with Gasteiger partial charge in [0, 0.05) is 18.8 Å².